The fourth-order valence-electron chi connectivity index (χ4n) is 3.82. The Labute approximate surface area is 145 Å². The lowest BCUT2D eigenvalue weighted by Gasteiger charge is -2.32. The van der Waals surface area contributed by atoms with Crippen molar-refractivity contribution in [3.63, 3.8) is 0 Å². The van der Waals surface area contributed by atoms with Crippen molar-refractivity contribution in [1.82, 2.24) is 10.2 Å². The molecule has 0 bridgehead atoms. The number of hydrogen-bond donors (Lipinski definition) is 1. The molecule has 1 heterocycles. The number of nitrogens with zero attached hydrogens (tertiary/aromatic N) is 1. The van der Waals surface area contributed by atoms with Gasteiger partial charge in [-0.15, -0.1) is 0 Å². The maximum atomic E-state index is 13.8. The van der Waals surface area contributed by atoms with Crippen LogP contribution in [0.15, 0.2) is 18.2 Å². The van der Waals surface area contributed by atoms with Crippen LogP contribution in [0.2, 0.25) is 0 Å². The molecule has 3 aliphatic rings. The van der Waals surface area contributed by atoms with Gasteiger partial charge in [-0.1, -0.05) is 6.07 Å². The van der Waals surface area contributed by atoms with Gasteiger partial charge in [0.15, 0.2) is 0 Å². The largest absolute Gasteiger partial charge is 0.352 e. The summed E-state index contributed by atoms with van der Waals surface area (Å²) in [6.45, 7) is 1.19. The summed E-state index contributed by atoms with van der Waals surface area (Å²) in [5.74, 6) is -1.38. The molecule has 3 unspecified atom stereocenters. The second-order valence-corrected chi connectivity index (χ2v) is 7.49. The Balaban J connectivity index is 1.34. The first-order chi connectivity index (χ1) is 12.0. The zero-order chi connectivity index (χ0) is 17.6. The maximum absolute atomic E-state index is 13.8. The summed E-state index contributed by atoms with van der Waals surface area (Å²) in [5, 5.41) is 2.92. The van der Waals surface area contributed by atoms with Crippen LogP contribution in [0.1, 0.15) is 43.6 Å². The molecule has 1 aliphatic heterocycles. The van der Waals surface area contributed by atoms with Crippen LogP contribution in [-0.4, -0.2) is 35.8 Å². The van der Waals surface area contributed by atoms with Crippen molar-refractivity contribution in [3.8, 4) is 0 Å². The van der Waals surface area contributed by atoms with E-state index in [4.69, 9.17) is 0 Å². The van der Waals surface area contributed by atoms with E-state index in [1.807, 2.05) is 4.90 Å². The summed E-state index contributed by atoms with van der Waals surface area (Å²) in [6.07, 6.45) is 4.06. The number of carbonyl (C=O) groups excluding carboxylic acids is 2. The lowest BCUT2D eigenvalue weighted by molar-refractivity contribution is -0.136. The number of rotatable bonds is 4. The van der Waals surface area contributed by atoms with Gasteiger partial charge in [-0.05, 0) is 44.2 Å². The van der Waals surface area contributed by atoms with E-state index >= 15 is 0 Å². The van der Waals surface area contributed by atoms with E-state index in [2.05, 4.69) is 5.32 Å². The van der Waals surface area contributed by atoms with E-state index in [-0.39, 0.29) is 41.2 Å². The SMILES string of the molecule is O=C(NC1CC1c1c(F)cccc1F)C1CCCN(C(=O)C2CC2)C1. The van der Waals surface area contributed by atoms with Crippen molar-refractivity contribution in [2.45, 2.75) is 44.1 Å². The topological polar surface area (TPSA) is 49.4 Å². The molecule has 134 valence electrons. The van der Waals surface area contributed by atoms with Crippen LogP contribution in [0, 0.1) is 23.5 Å². The van der Waals surface area contributed by atoms with Crippen LogP contribution in [0.5, 0.6) is 0 Å². The highest BCUT2D eigenvalue weighted by Gasteiger charge is 2.44. The molecule has 4 rings (SSSR count). The molecule has 1 saturated heterocycles. The predicted molar refractivity (Wildman–Crippen MR) is 87.7 cm³/mol. The predicted octanol–water partition coefficient (Wildman–Crippen LogP) is 2.59. The summed E-state index contributed by atoms with van der Waals surface area (Å²) < 4.78 is 27.7. The van der Waals surface area contributed by atoms with Crippen molar-refractivity contribution in [2.24, 2.45) is 11.8 Å². The van der Waals surface area contributed by atoms with Gasteiger partial charge in [0.2, 0.25) is 11.8 Å². The molecule has 3 fully saturated rings. The molecule has 25 heavy (non-hydrogen) atoms. The molecule has 0 spiro atoms. The van der Waals surface area contributed by atoms with Crippen LogP contribution >= 0.6 is 0 Å². The van der Waals surface area contributed by atoms with E-state index in [0.717, 1.165) is 32.2 Å². The van der Waals surface area contributed by atoms with Crippen LogP contribution in [-0.2, 0) is 9.59 Å². The summed E-state index contributed by atoms with van der Waals surface area (Å²) in [6, 6.07) is 3.63. The molecule has 6 heteroatoms. The number of hydrogen-bond acceptors (Lipinski definition) is 2. The standard InChI is InChI=1S/C19H22F2N2O2/c20-14-4-1-5-15(21)17(14)13-9-16(13)22-18(24)12-3-2-8-23(10-12)19(25)11-6-7-11/h1,4-5,11-13,16H,2-3,6-10H2,(H,22,24). The summed E-state index contributed by atoms with van der Waals surface area (Å²) in [4.78, 5) is 26.5. The minimum Gasteiger partial charge on any atom is -0.352 e. The molecular weight excluding hydrogens is 326 g/mol. The number of nitrogens with one attached hydrogen (secondary N) is 1. The highest BCUT2D eigenvalue weighted by atomic mass is 19.1. The highest BCUT2D eigenvalue weighted by molar-refractivity contribution is 5.83. The smallest absolute Gasteiger partial charge is 0.225 e. The number of amides is 2. The van der Waals surface area contributed by atoms with E-state index in [1.54, 1.807) is 0 Å². The Bertz CT molecular complexity index is 684. The van der Waals surface area contributed by atoms with Crippen LogP contribution in [0.4, 0.5) is 8.78 Å². The van der Waals surface area contributed by atoms with E-state index < -0.39 is 11.6 Å². The Kier molecular flexibility index (Phi) is 4.21. The Hall–Kier alpha value is -1.98. The van der Waals surface area contributed by atoms with E-state index in [9.17, 15) is 18.4 Å². The Morgan fingerprint density at radius 1 is 1.08 bits per heavy atom. The minimum atomic E-state index is -0.555. The fourth-order valence-corrected chi connectivity index (χ4v) is 3.82. The van der Waals surface area contributed by atoms with Crippen molar-refractivity contribution < 1.29 is 18.4 Å². The first-order valence-electron chi connectivity index (χ1n) is 9.07. The lowest BCUT2D eigenvalue weighted by atomic mass is 9.96. The van der Waals surface area contributed by atoms with Gasteiger partial charge in [0.05, 0.1) is 5.92 Å². The molecule has 2 amide bonds. The third-order valence-electron chi connectivity index (χ3n) is 5.52. The van der Waals surface area contributed by atoms with Crippen LogP contribution in [0.3, 0.4) is 0 Å². The van der Waals surface area contributed by atoms with Crippen molar-refractivity contribution in [2.75, 3.05) is 13.1 Å². The average Bonchev–Trinajstić information content (AvgIpc) is 3.50. The fraction of sp³-hybridized carbons (Fsp3) is 0.579. The van der Waals surface area contributed by atoms with Gasteiger partial charge in [-0.25, -0.2) is 8.78 Å². The first kappa shape index (κ1) is 16.5. The number of piperidine rings is 1. The summed E-state index contributed by atoms with van der Waals surface area (Å²) >= 11 is 0. The van der Waals surface area contributed by atoms with E-state index in [0.29, 0.717) is 13.0 Å². The number of benzene rings is 1. The minimum absolute atomic E-state index is 0.0713. The molecule has 1 N–H and O–H groups in total. The zero-order valence-electron chi connectivity index (χ0n) is 14.0. The monoisotopic (exact) mass is 348 g/mol. The van der Waals surface area contributed by atoms with Gasteiger partial charge in [-0.3, -0.25) is 9.59 Å². The molecule has 4 nitrogen and oxygen atoms in total. The molecule has 1 aromatic carbocycles. The third kappa shape index (κ3) is 3.39. The van der Waals surface area contributed by atoms with E-state index in [1.165, 1.54) is 18.2 Å². The highest BCUT2D eigenvalue weighted by Crippen LogP contribution is 2.43. The normalized spacial score (nSPS) is 28.6. The number of carbonyl (C=O) groups is 2. The molecule has 2 aliphatic carbocycles. The maximum Gasteiger partial charge on any atom is 0.225 e. The number of halogens is 2. The Morgan fingerprint density at radius 3 is 2.48 bits per heavy atom. The third-order valence-corrected chi connectivity index (χ3v) is 5.52. The second-order valence-electron chi connectivity index (χ2n) is 7.49. The molecule has 1 aromatic rings. The van der Waals surface area contributed by atoms with Crippen molar-refractivity contribution >= 4 is 11.8 Å². The molecule has 0 radical (unpaired) electrons. The van der Waals surface area contributed by atoms with Crippen molar-refractivity contribution in [3.05, 3.63) is 35.4 Å². The van der Waals surface area contributed by atoms with Gasteiger partial charge in [0.25, 0.3) is 0 Å². The first-order valence-corrected chi connectivity index (χ1v) is 9.07. The van der Waals surface area contributed by atoms with Gasteiger partial charge in [-0.2, -0.15) is 0 Å². The van der Waals surface area contributed by atoms with Crippen LogP contribution < -0.4 is 5.32 Å². The average molecular weight is 348 g/mol. The second kappa shape index (κ2) is 6.39. The molecule has 2 saturated carbocycles. The van der Waals surface area contributed by atoms with Gasteiger partial charge in [0.1, 0.15) is 11.6 Å². The van der Waals surface area contributed by atoms with Crippen molar-refractivity contribution in [1.29, 1.82) is 0 Å². The molecular formula is C19H22F2N2O2. The number of likely N-dealkylation sites (tertiary alicyclic amines) is 1. The molecule has 0 aromatic heterocycles. The van der Waals surface area contributed by atoms with Gasteiger partial charge < -0.3 is 10.2 Å². The van der Waals surface area contributed by atoms with Gasteiger partial charge in [0, 0.05) is 36.5 Å². The quantitative estimate of drug-likeness (QED) is 0.909. The lowest BCUT2D eigenvalue weighted by Crippen LogP contribution is -2.46. The van der Waals surface area contributed by atoms with Crippen LogP contribution in [0.25, 0.3) is 0 Å². The Morgan fingerprint density at radius 2 is 1.80 bits per heavy atom. The summed E-state index contributed by atoms with van der Waals surface area (Å²) in [7, 11) is 0. The van der Waals surface area contributed by atoms with Gasteiger partial charge >= 0.3 is 0 Å². The zero-order valence-corrected chi connectivity index (χ0v) is 14.0. The summed E-state index contributed by atoms with van der Waals surface area (Å²) in [5.41, 5.74) is 0.0713. The molecule has 3 atom stereocenters.